The zero-order valence-corrected chi connectivity index (χ0v) is 11.5. The Morgan fingerprint density at radius 2 is 1.77 bits per heavy atom. The fourth-order valence-electron chi connectivity index (χ4n) is 2.05. The summed E-state index contributed by atoms with van der Waals surface area (Å²) in [5.74, 6) is 0.146. The zero-order chi connectivity index (χ0) is 15.7. The Labute approximate surface area is 124 Å². The van der Waals surface area contributed by atoms with Gasteiger partial charge in [0.05, 0.1) is 17.1 Å². The highest BCUT2D eigenvalue weighted by Crippen LogP contribution is 2.28. The van der Waals surface area contributed by atoms with Gasteiger partial charge in [0.25, 0.3) is 0 Å². The molecule has 2 aromatic heterocycles. The maximum Gasteiger partial charge on any atom is 0.435 e. The van der Waals surface area contributed by atoms with E-state index in [0.717, 1.165) is 17.0 Å². The second kappa shape index (κ2) is 5.32. The second-order valence-electron chi connectivity index (χ2n) is 4.85. The van der Waals surface area contributed by atoms with Gasteiger partial charge in [-0.2, -0.15) is 18.3 Å². The van der Waals surface area contributed by atoms with Gasteiger partial charge in [0, 0.05) is 11.6 Å². The number of rotatable bonds is 2. The molecule has 0 aliphatic carbocycles. The summed E-state index contributed by atoms with van der Waals surface area (Å²) in [6.45, 7) is 1.78. The molecule has 1 atom stereocenters. The van der Waals surface area contributed by atoms with Crippen molar-refractivity contribution in [1.29, 1.82) is 0 Å². The number of halogens is 3. The van der Waals surface area contributed by atoms with Crippen LogP contribution in [-0.2, 0) is 6.18 Å². The van der Waals surface area contributed by atoms with Crippen LogP contribution >= 0.6 is 0 Å². The van der Waals surface area contributed by atoms with E-state index in [0.29, 0.717) is 11.5 Å². The van der Waals surface area contributed by atoms with Crippen LogP contribution in [0.5, 0.6) is 0 Å². The average molecular weight is 304 g/mol. The van der Waals surface area contributed by atoms with Gasteiger partial charge in [0.15, 0.2) is 5.69 Å². The summed E-state index contributed by atoms with van der Waals surface area (Å²) < 4.78 is 37.5. The molecule has 3 aromatic rings. The van der Waals surface area contributed by atoms with Crippen molar-refractivity contribution in [2.24, 2.45) is 0 Å². The summed E-state index contributed by atoms with van der Waals surface area (Å²) >= 11 is 0. The third-order valence-corrected chi connectivity index (χ3v) is 3.31. The number of para-hydroxylation sites is 1. The van der Waals surface area contributed by atoms with Gasteiger partial charge in [-0.05, 0) is 25.1 Å². The Morgan fingerprint density at radius 3 is 2.45 bits per heavy atom. The molecule has 1 unspecified atom stereocenters. The molecule has 0 bridgehead atoms. The molecule has 1 aromatic carbocycles. The molecular formula is C15H11F3N4. The third kappa shape index (κ3) is 2.74. The van der Waals surface area contributed by atoms with Gasteiger partial charge in [-0.25, -0.2) is 9.97 Å². The van der Waals surface area contributed by atoms with Crippen LogP contribution in [0.4, 0.5) is 13.2 Å². The van der Waals surface area contributed by atoms with Crippen molar-refractivity contribution >= 4 is 10.9 Å². The van der Waals surface area contributed by atoms with Crippen molar-refractivity contribution in [2.45, 2.75) is 19.0 Å². The molecular weight excluding hydrogens is 293 g/mol. The lowest BCUT2D eigenvalue weighted by atomic mass is 10.1. The highest BCUT2D eigenvalue weighted by atomic mass is 19.4. The van der Waals surface area contributed by atoms with E-state index in [1.165, 1.54) is 6.07 Å². The fourth-order valence-corrected chi connectivity index (χ4v) is 2.05. The molecule has 0 aliphatic heterocycles. The van der Waals surface area contributed by atoms with E-state index in [4.69, 9.17) is 0 Å². The van der Waals surface area contributed by atoms with Crippen LogP contribution in [0.3, 0.4) is 0 Å². The normalized spacial score (nSPS) is 13.3. The molecule has 2 heterocycles. The fraction of sp³-hybridized carbons (Fsp3) is 0.200. The van der Waals surface area contributed by atoms with Crippen molar-refractivity contribution < 1.29 is 13.2 Å². The van der Waals surface area contributed by atoms with Gasteiger partial charge in [-0.15, -0.1) is 5.10 Å². The Kier molecular flexibility index (Phi) is 3.48. The number of benzene rings is 1. The number of alkyl halides is 3. The molecule has 3 rings (SSSR count). The predicted octanol–water partition coefficient (Wildman–Crippen LogP) is 3.59. The topological polar surface area (TPSA) is 51.6 Å². The van der Waals surface area contributed by atoms with E-state index in [2.05, 4.69) is 20.2 Å². The van der Waals surface area contributed by atoms with Crippen LogP contribution in [0.2, 0.25) is 0 Å². The summed E-state index contributed by atoms with van der Waals surface area (Å²) in [5.41, 5.74) is 0.158. The maximum absolute atomic E-state index is 12.5. The zero-order valence-electron chi connectivity index (χ0n) is 11.5. The van der Waals surface area contributed by atoms with Crippen molar-refractivity contribution in [1.82, 2.24) is 20.2 Å². The van der Waals surface area contributed by atoms with E-state index in [9.17, 15) is 13.2 Å². The van der Waals surface area contributed by atoms with Gasteiger partial charge in [-0.1, -0.05) is 18.2 Å². The standard InChI is InChI=1S/C15H11F3N4/c1-9(11-6-7-13(22-21-11)15(16,17)18)14-19-8-10-4-2-3-5-12(10)20-14/h2-9H,1H3. The lowest BCUT2D eigenvalue weighted by Gasteiger charge is -2.11. The van der Waals surface area contributed by atoms with Crippen LogP contribution in [-0.4, -0.2) is 20.2 Å². The van der Waals surface area contributed by atoms with Crippen molar-refractivity contribution in [2.75, 3.05) is 0 Å². The molecule has 0 saturated carbocycles. The molecule has 22 heavy (non-hydrogen) atoms. The van der Waals surface area contributed by atoms with Gasteiger partial charge >= 0.3 is 6.18 Å². The molecule has 0 fully saturated rings. The molecule has 112 valence electrons. The monoisotopic (exact) mass is 304 g/mol. The van der Waals surface area contributed by atoms with E-state index in [-0.39, 0.29) is 5.92 Å². The van der Waals surface area contributed by atoms with Crippen molar-refractivity contribution in [3.8, 4) is 0 Å². The van der Waals surface area contributed by atoms with Gasteiger partial charge in [0.1, 0.15) is 5.82 Å². The Morgan fingerprint density at radius 1 is 1.00 bits per heavy atom. The highest BCUT2D eigenvalue weighted by Gasteiger charge is 2.33. The number of aromatic nitrogens is 4. The number of hydrogen-bond donors (Lipinski definition) is 0. The van der Waals surface area contributed by atoms with Gasteiger partial charge in [0.2, 0.25) is 0 Å². The van der Waals surface area contributed by atoms with Crippen LogP contribution in [0.15, 0.2) is 42.6 Å². The Bertz CT molecular complexity index is 800. The number of hydrogen-bond acceptors (Lipinski definition) is 4. The first-order valence-electron chi connectivity index (χ1n) is 6.57. The first-order chi connectivity index (χ1) is 10.4. The minimum Gasteiger partial charge on any atom is -0.240 e. The van der Waals surface area contributed by atoms with Crippen molar-refractivity contribution in [3.05, 3.63) is 59.8 Å². The number of nitrogens with zero attached hydrogens (tertiary/aromatic N) is 4. The molecule has 0 saturated heterocycles. The quantitative estimate of drug-likeness (QED) is 0.726. The SMILES string of the molecule is CC(c1ccc(C(F)(F)F)nn1)c1ncc2ccccc2n1. The molecule has 0 radical (unpaired) electrons. The largest absolute Gasteiger partial charge is 0.435 e. The molecule has 0 N–H and O–H groups in total. The Balaban J connectivity index is 1.93. The van der Waals surface area contributed by atoms with Crippen LogP contribution in [0.25, 0.3) is 10.9 Å². The summed E-state index contributed by atoms with van der Waals surface area (Å²) in [6.07, 6.45) is -2.81. The molecule has 0 spiro atoms. The molecule has 0 aliphatic rings. The summed E-state index contributed by atoms with van der Waals surface area (Å²) in [6, 6.07) is 9.71. The second-order valence-corrected chi connectivity index (χ2v) is 4.85. The first-order valence-corrected chi connectivity index (χ1v) is 6.57. The lowest BCUT2D eigenvalue weighted by Crippen LogP contribution is -2.11. The number of fused-ring (bicyclic) bond motifs is 1. The lowest BCUT2D eigenvalue weighted by molar-refractivity contribution is -0.141. The highest BCUT2D eigenvalue weighted by molar-refractivity contribution is 5.77. The minimum absolute atomic E-state index is 0.348. The maximum atomic E-state index is 12.5. The summed E-state index contributed by atoms with van der Waals surface area (Å²) in [7, 11) is 0. The molecule has 4 nitrogen and oxygen atoms in total. The van der Waals surface area contributed by atoms with E-state index >= 15 is 0 Å². The minimum atomic E-state index is -4.49. The molecule has 0 amide bonds. The molecule has 7 heteroatoms. The van der Waals surface area contributed by atoms with E-state index < -0.39 is 11.9 Å². The summed E-state index contributed by atoms with van der Waals surface area (Å²) in [4.78, 5) is 8.67. The van der Waals surface area contributed by atoms with E-state index in [1.54, 1.807) is 13.1 Å². The van der Waals surface area contributed by atoms with Crippen LogP contribution in [0.1, 0.15) is 30.1 Å². The van der Waals surface area contributed by atoms with E-state index in [1.807, 2.05) is 24.3 Å². The first kappa shape index (κ1) is 14.4. The van der Waals surface area contributed by atoms with Gasteiger partial charge in [-0.3, -0.25) is 0 Å². The average Bonchev–Trinajstić information content (AvgIpc) is 2.53. The third-order valence-electron chi connectivity index (χ3n) is 3.31. The van der Waals surface area contributed by atoms with Gasteiger partial charge < -0.3 is 0 Å². The van der Waals surface area contributed by atoms with Crippen LogP contribution < -0.4 is 0 Å². The predicted molar refractivity (Wildman–Crippen MR) is 74.1 cm³/mol. The summed E-state index contributed by atoms with van der Waals surface area (Å²) in [5, 5.41) is 7.78. The smallest absolute Gasteiger partial charge is 0.240 e. The Hall–Kier alpha value is -2.57. The van der Waals surface area contributed by atoms with Crippen LogP contribution in [0, 0.1) is 0 Å². The van der Waals surface area contributed by atoms with Crippen molar-refractivity contribution in [3.63, 3.8) is 0 Å².